The molecule has 0 aromatic heterocycles. The number of hydrogen-bond donors (Lipinski definition) is 2. The lowest BCUT2D eigenvalue weighted by molar-refractivity contribution is -0.384. The van der Waals surface area contributed by atoms with Gasteiger partial charge in [0, 0.05) is 17.8 Å². The van der Waals surface area contributed by atoms with Crippen molar-refractivity contribution in [3.05, 3.63) is 75.3 Å². The standard InChI is InChI=1S/C21H22N4O4/c1-14(2)17-9-7-16(8-10-17)11-15(3)13-22-24-21(27)20(26)23-18-5-4-6-19(12-18)25(28)29/h4-14H,1-3H3,(H,23,26)(H,24,27)/b15-11-,22-13+. The number of hydrogen-bond acceptors (Lipinski definition) is 5. The Bertz CT molecular complexity index is 963. The van der Waals surface area contributed by atoms with Crippen LogP contribution in [-0.4, -0.2) is 23.0 Å². The third-order valence-corrected chi connectivity index (χ3v) is 3.95. The van der Waals surface area contributed by atoms with Crippen molar-refractivity contribution in [1.82, 2.24) is 5.43 Å². The number of benzene rings is 2. The Balaban J connectivity index is 1.91. The van der Waals surface area contributed by atoms with Crippen LogP contribution in [0.25, 0.3) is 6.08 Å². The molecule has 0 radical (unpaired) electrons. The van der Waals surface area contributed by atoms with Crippen LogP contribution in [0.15, 0.2) is 59.2 Å². The second-order valence-electron chi connectivity index (χ2n) is 6.67. The highest BCUT2D eigenvalue weighted by Crippen LogP contribution is 2.17. The molecule has 2 rings (SSSR count). The molecule has 2 aromatic rings. The Hall–Kier alpha value is -3.81. The number of allylic oxidation sites excluding steroid dienone is 1. The molecule has 2 N–H and O–H groups in total. The molecule has 0 fully saturated rings. The number of carbonyl (C=O) groups excluding carboxylic acids is 2. The van der Waals surface area contributed by atoms with Gasteiger partial charge in [0.25, 0.3) is 5.69 Å². The monoisotopic (exact) mass is 394 g/mol. The summed E-state index contributed by atoms with van der Waals surface area (Å²) >= 11 is 0. The third kappa shape index (κ3) is 6.69. The van der Waals surface area contributed by atoms with Gasteiger partial charge in [0.05, 0.1) is 11.1 Å². The molecule has 8 nitrogen and oxygen atoms in total. The van der Waals surface area contributed by atoms with E-state index in [1.165, 1.54) is 30.0 Å². The van der Waals surface area contributed by atoms with Crippen LogP contribution >= 0.6 is 0 Å². The van der Waals surface area contributed by atoms with Crippen LogP contribution in [0.2, 0.25) is 0 Å². The van der Waals surface area contributed by atoms with E-state index in [-0.39, 0.29) is 11.4 Å². The summed E-state index contributed by atoms with van der Waals surface area (Å²) in [5.74, 6) is -1.51. The number of rotatable bonds is 6. The summed E-state index contributed by atoms with van der Waals surface area (Å²) in [6.07, 6.45) is 3.32. The molecule has 29 heavy (non-hydrogen) atoms. The number of nitrogens with zero attached hydrogens (tertiary/aromatic N) is 2. The number of nitro groups is 1. The zero-order valence-electron chi connectivity index (χ0n) is 16.4. The highest BCUT2D eigenvalue weighted by Gasteiger charge is 2.14. The molecular weight excluding hydrogens is 372 g/mol. The second kappa shape index (κ2) is 9.93. The highest BCUT2D eigenvalue weighted by molar-refractivity contribution is 6.39. The van der Waals surface area contributed by atoms with E-state index in [1.54, 1.807) is 0 Å². The topological polar surface area (TPSA) is 114 Å². The van der Waals surface area contributed by atoms with Gasteiger partial charge in [0.15, 0.2) is 0 Å². The maximum atomic E-state index is 11.9. The summed E-state index contributed by atoms with van der Waals surface area (Å²) in [5.41, 5.74) is 5.09. The van der Waals surface area contributed by atoms with Crippen LogP contribution in [0.1, 0.15) is 37.8 Å². The Morgan fingerprint density at radius 2 is 1.79 bits per heavy atom. The molecule has 2 aromatic carbocycles. The van der Waals surface area contributed by atoms with Gasteiger partial charge in [0.1, 0.15) is 0 Å². The lowest BCUT2D eigenvalue weighted by Gasteiger charge is -2.05. The first-order chi connectivity index (χ1) is 13.8. The first-order valence-corrected chi connectivity index (χ1v) is 8.93. The molecule has 0 heterocycles. The number of amides is 2. The van der Waals surface area contributed by atoms with Crippen LogP contribution in [0, 0.1) is 10.1 Å². The van der Waals surface area contributed by atoms with Gasteiger partial charge in [-0.1, -0.05) is 50.3 Å². The fraction of sp³-hybridized carbons (Fsp3) is 0.190. The predicted molar refractivity (Wildman–Crippen MR) is 113 cm³/mol. The van der Waals surface area contributed by atoms with Crippen LogP contribution < -0.4 is 10.7 Å². The van der Waals surface area contributed by atoms with E-state index >= 15 is 0 Å². The lowest BCUT2D eigenvalue weighted by Crippen LogP contribution is -2.32. The first kappa shape index (κ1) is 21.5. The van der Waals surface area contributed by atoms with Gasteiger partial charge in [-0.05, 0) is 35.6 Å². The van der Waals surface area contributed by atoms with Crippen molar-refractivity contribution in [1.29, 1.82) is 0 Å². The smallest absolute Gasteiger partial charge is 0.317 e. The minimum atomic E-state index is -0.984. The highest BCUT2D eigenvalue weighted by atomic mass is 16.6. The SMILES string of the molecule is CC(=C/c1ccc(C(C)C)cc1)/C=N/NC(=O)C(=O)Nc1cccc([N+](=O)[O-])c1. The number of nitro benzene ring substituents is 1. The number of carbonyl (C=O) groups is 2. The lowest BCUT2D eigenvalue weighted by atomic mass is 10.0. The zero-order chi connectivity index (χ0) is 21.4. The van der Waals surface area contributed by atoms with Gasteiger partial charge >= 0.3 is 11.8 Å². The van der Waals surface area contributed by atoms with Gasteiger partial charge in [-0.15, -0.1) is 0 Å². The number of non-ortho nitro benzene ring substituents is 1. The van der Waals surface area contributed by atoms with E-state index in [0.717, 1.165) is 17.2 Å². The average molecular weight is 394 g/mol. The van der Waals surface area contributed by atoms with Gasteiger partial charge in [-0.2, -0.15) is 5.10 Å². The largest absolute Gasteiger partial charge is 0.329 e. The Morgan fingerprint density at radius 1 is 1.10 bits per heavy atom. The minimum Gasteiger partial charge on any atom is -0.317 e. The van der Waals surface area contributed by atoms with E-state index in [0.29, 0.717) is 5.92 Å². The third-order valence-electron chi connectivity index (χ3n) is 3.95. The Kier molecular flexibility index (Phi) is 7.36. The summed E-state index contributed by atoms with van der Waals surface area (Å²) in [6, 6.07) is 13.4. The fourth-order valence-electron chi connectivity index (χ4n) is 2.41. The number of hydrazone groups is 1. The quantitative estimate of drug-likeness (QED) is 0.335. The molecule has 2 amide bonds. The van der Waals surface area contributed by atoms with E-state index in [9.17, 15) is 19.7 Å². The molecule has 0 aliphatic heterocycles. The van der Waals surface area contributed by atoms with Crippen molar-refractivity contribution in [2.45, 2.75) is 26.7 Å². The molecule has 0 atom stereocenters. The second-order valence-corrected chi connectivity index (χ2v) is 6.67. The maximum absolute atomic E-state index is 11.9. The summed E-state index contributed by atoms with van der Waals surface area (Å²) in [5, 5.41) is 16.8. The minimum absolute atomic E-state index is 0.143. The average Bonchev–Trinajstić information content (AvgIpc) is 2.68. The molecule has 0 spiro atoms. The summed E-state index contributed by atoms with van der Waals surface area (Å²) < 4.78 is 0. The normalized spacial score (nSPS) is 11.5. The fourth-order valence-corrected chi connectivity index (χ4v) is 2.41. The van der Waals surface area contributed by atoms with Crippen LogP contribution in [0.3, 0.4) is 0 Å². The van der Waals surface area contributed by atoms with E-state index in [2.05, 4.69) is 41.8 Å². The molecular formula is C21H22N4O4. The van der Waals surface area contributed by atoms with Gasteiger partial charge in [-0.25, -0.2) is 5.43 Å². The zero-order valence-corrected chi connectivity index (χ0v) is 16.4. The van der Waals surface area contributed by atoms with Gasteiger partial charge in [-0.3, -0.25) is 19.7 Å². The van der Waals surface area contributed by atoms with Crippen molar-refractivity contribution in [2.75, 3.05) is 5.32 Å². The number of nitrogens with one attached hydrogen (secondary N) is 2. The van der Waals surface area contributed by atoms with E-state index < -0.39 is 16.7 Å². The van der Waals surface area contributed by atoms with Crippen molar-refractivity contribution in [3.63, 3.8) is 0 Å². The van der Waals surface area contributed by atoms with E-state index in [4.69, 9.17) is 0 Å². The first-order valence-electron chi connectivity index (χ1n) is 8.93. The molecule has 0 aliphatic carbocycles. The van der Waals surface area contributed by atoms with Crippen LogP contribution in [-0.2, 0) is 9.59 Å². The molecule has 8 heteroatoms. The molecule has 0 saturated carbocycles. The van der Waals surface area contributed by atoms with Crippen molar-refractivity contribution in [3.8, 4) is 0 Å². The van der Waals surface area contributed by atoms with Crippen molar-refractivity contribution < 1.29 is 14.5 Å². The van der Waals surface area contributed by atoms with Crippen molar-refractivity contribution in [2.24, 2.45) is 5.10 Å². The molecule has 0 saturated heterocycles. The van der Waals surface area contributed by atoms with Gasteiger partial charge < -0.3 is 5.32 Å². The maximum Gasteiger partial charge on any atom is 0.329 e. The molecule has 0 bridgehead atoms. The van der Waals surface area contributed by atoms with Crippen LogP contribution in [0.5, 0.6) is 0 Å². The molecule has 0 aliphatic rings. The van der Waals surface area contributed by atoms with Gasteiger partial charge in [0.2, 0.25) is 0 Å². The number of anilines is 1. The predicted octanol–water partition coefficient (Wildman–Crippen LogP) is 3.86. The Morgan fingerprint density at radius 3 is 2.41 bits per heavy atom. The Labute approximate surface area is 168 Å². The van der Waals surface area contributed by atoms with Crippen molar-refractivity contribution >= 4 is 35.5 Å². The summed E-state index contributed by atoms with van der Waals surface area (Å²) in [7, 11) is 0. The molecule has 0 unspecified atom stereocenters. The molecule has 150 valence electrons. The summed E-state index contributed by atoms with van der Waals surface area (Å²) in [6.45, 7) is 6.07. The van der Waals surface area contributed by atoms with E-state index in [1.807, 2.05) is 25.1 Å². The van der Waals surface area contributed by atoms with Crippen LogP contribution in [0.4, 0.5) is 11.4 Å². The summed E-state index contributed by atoms with van der Waals surface area (Å²) in [4.78, 5) is 33.8.